The fourth-order valence-corrected chi connectivity index (χ4v) is 5.79. The Balaban J connectivity index is 1.61. The summed E-state index contributed by atoms with van der Waals surface area (Å²) < 4.78 is 13.6. The molecule has 42 heavy (non-hydrogen) atoms. The minimum Gasteiger partial charge on any atom is -0.491 e. The lowest BCUT2D eigenvalue weighted by Gasteiger charge is -2.33. The third kappa shape index (κ3) is 8.22. The van der Waals surface area contributed by atoms with Crippen molar-refractivity contribution >= 4 is 11.8 Å². The summed E-state index contributed by atoms with van der Waals surface area (Å²) in [6, 6.07) is 17.5. The van der Waals surface area contributed by atoms with Crippen molar-refractivity contribution in [2.24, 2.45) is 7.05 Å². The van der Waals surface area contributed by atoms with Gasteiger partial charge in [-0.15, -0.1) is 0 Å². The minimum absolute atomic E-state index is 0.0468. The second-order valence-corrected chi connectivity index (χ2v) is 11.2. The summed E-state index contributed by atoms with van der Waals surface area (Å²) in [6.45, 7) is 6.74. The molecule has 8 nitrogen and oxygen atoms in total. The molecule has 4 rings (SSSR count). The number of hydrogen-bond acceptors (Lipinski definition) is 5. The monoisotopic (exact) mass is 574 g/mol. The van der Waals surface area contributed by atoms with Crippen LogP contribution in [0.3, 0.4) is 0 Å². The molecule has 1 aliphatic heterocycles. The Hall–Kier alpha value is -3.65. The lowest BCUT2D eigenvalue weighted by Crippen LogP contribution is -2.46. The number of aryl methyl sites for hydroxylation is 2. The highest BCUT2D eigenvalue weighted by atomic mass is 16.5. The van der Waals surface area contributed by atoms with Crippen LogP contribution in [0.4, 0.5) is 0 Å². The number of fused-ring (bicyclic) bond motifs is 1. The molecule has 2 aromatic carbocycles. The summed E-state index contributed by atoms with van der Waals surface area (Å²) in [5.41, 5.74) is 4.93. The van der Waals surface area contributed by atoms with E-state index in [1.165, 1.54) is 0 Å². The number of hydrogen-bond donors (Lipinski definition) is 0. The number of carbonyl (C=O) groups is 2. The van der Waals surface area contributed by atoms with Gasteiger partial charge in [0.1, 0.15) is 12.4 Å². The van der Waals surface area contributed by atoms with Gasteiger partial charge in [0.25, 0.3) is 5.91 Å². The molecule has 1 aromatic heterocycles. The van der Waals surface area contributed by atoms with Gasteiger partial charge >= 0.3 is 0 Å². The van der Waals surface area contributed by atoms with E-state index in [1.54, 1.807) is 7.11 Å². The first-order valence-electron chi connectivity index (χ1n) is 15.2. The topological polar surface area (TPSA) is 76.9 Å². The maximum Gasteiger partial charge on any atom is 0.257 e. The van der Waals surface area contributed by atoms with E-state index in [0.29, 0.717) is 63.4 Å². The fraction of sp³-hybridized carbons (Fsp3) is 0.500. The standard InChI is InChI=1S/C34H46N4O4/c1-26-30(27(2)36(3)35-26)18-19-33(39)38-21-13-6-5-12-20-37(22-23-41-4)34(40)31-16-10-11-17-32(31)42-25-29(38)24-28-14-8-7-9-15-28/h7-11,14-17,29H,5-6,12-13,18-25H2,1-4H3/t29-/m0/s1. The Morgan fingerprint density at radius 2 is 1.71 bits per heavy atom. The molecular weight excluding hydrogens is 528 g/mol. The van der Waals surface area contributed by atoms with Crippen molar-refractivity contribution in [3.05, 3.63) is 82.7 Å². The molecule has 2 amide bonds. The summed E-state index contributed by atoms with van der Waals surface area (Å²) in [5, 5.41) is 4.54. The van der Waals surface area contributed by atoms with Crippen molar-refractivity contribution in [1.82, 2.24) is 19.6 Å². The van der Waals surface area contributed by atoms with Crippen LogP contribution in [0.1, 0.15) is 65.0 Å². The number of aromatic nitrogens is 2. The van der Waals surface area contributed by atoms with E-state index in [4.69, 9.17) is 9.47 Å². The van der Waals surface area contributed by atoms with Gasteiger partial charge in [-0.05, 0) is 62.8 Å². The molecule has 0 unspecified atom stereocenters. The van der Waals surface area contributed by atoms with Gasteiger partial charge in [0.2, 0.25) is 5.91 Å². The molecule has 0 saturated carbocycles. The van der Waals surface area contributed by atoms with Crippen LogP contribution in [0.25, 0.3) is 0 Å². The van der Waals surface area contributed by atoms with Gasteiger partial charge < -0.3 is 19.3 Å². The highest BCUT2D eigenvalue weighted by Gasteiger charge is 2.27. The van der Waals surface area contributed by atoms with Crippen LogP contribution in [0.15, 0.2) is 54.6 Å². The molecule has 3 aromatic rings. The molecule has 0 aliphatic carbocycles. The normalized spacial score (nSPS) is 17.0. The summed E-state index contributed by atoms with van der Waals surface area (Å²) in [5.74, 6) is 0.632. The summed E-state index contributed by atoms with van der Waals surface area (Å²) >= 11 is 0. The van der Waals surface area contributed by atoms with Crippen LogP contribution in [0.2, 0.25) is 0 Å². The fourth-order valence-electron chi connectivity index (χ4n) is 5.79. The Labute approximate surface area is 250 Å². The van der Waals surface area contributed by atoms with E-state index in [1.807, 2.05) is 70.9 Å². The molecule has 0 spiro atoms. The maximum atomic E-state index is 14.0. The second-order valence-electron chi connectivity index (χ2n) is 11.2. The third-order valence-electron chi connectivity index (χ3n) is 8.30. The van der Waals surface area contributed by atoms with Crippen molar-refractivity contribution in [3.8, 4) is 5.75 Å². The van der Waals surface area contributed by atoms with E-state index in [0.717, 1.165) is 48.2 Å². The predicted octanol–water partition coefficient (Wildman–Crippen LogP) is 5.15. The smallest absolute Gasteiger partial charge is 0.257 e. The quantitative estimate of drug-likeness (QED) is 0.372. The second kappa shape index (κ2) is 15.5. The molecule has 0 N–H and O–H groups in total. The van der Waals surface area contributed by atoms with Crippen LogP contribution in [0.5, 0.6) is 5.75 Å². The third-order valence-corrected chi connectivity index (χ3v) is 8.30. The highest BCUT2D eigenvalue weighted by molar-refractivity contribution is 5.97. The zero-order valence-electron chi connectivity index (χ0n) is 25.7. The molecule has 1 aliphatic rings. The van der Waals surface area contributed by atoms with Crippen LogP contribution < -0.4 is 4.74 Å². The Morgan fingerprint density at radius 1 is 1.00 bits per heavy atom. The molecule has 1 atom stereocenters. The summed E-state index contributed by atoms with van der Waals surface area (Å²) in [6.07, 6.45) is 5.55. The van der Waals surface area contributed by atoms with Gasteiger partial charge in [-0.1, -0.05) is 55.3 Å². The zero-order valence-corrected chi connectivity index (χ0v) is 25.7. The van der Waals surface area contributed by atoms with Gasteiger partial charge in [-0.25, -0.2) is 0 Å². The molecule has 0 radical (unpaired) electrons. The molecular formula is C34H46N4O4. The van der Waals surface area contributed by atoms with E-state index in [9.17, 15) is 9.59 Å². The first-order chi connectivity index (χ1) is 20.4. The van der Waals surface area contributed by atoms with E-state index in [-0.39, 0.29) is 17.9 Å². The van der Waals surface area contributed by atoms with Crippen LogP contribution in [0, 0.1) is 13.8 Å². The van der Waals surface area contributed by atoms with Crippen LogP contribution in [-0.2, 0) is 29.4 Å². The van der Waals surface area contributed by atoms with Crippen molar-refractivity contribution in [2.75, 3.05) is 40.0 Å². The Kier molecular flexibility index (Phi) is 11.6. The van der Waals surface area contributed by atoms with Crippen LogP contribution >= 0.6 is 0 Å². The number of benzene rings is 2. The number of carbonyl (C=O) groups excluding carboxylic acids is 2. The number of amides is 2. The van der Waals surface area contributed by atoms with Crippen molar-refractivity contribution in [3.63, 3.8) is 0 Å². The van der Waals surface area contributed by atoms with Gasteiger partial charge in [0.15, 0.2) is 0 Å². The number of ether oxygens (including phenoxy) is 2. The summed E-state index contributed by atoms with van der Waals surface area (Å²) in [7, 11) is 3.60. The van der Waals surface area contributed by atoms with E-state index < -0.39 is 0 Å². The molecule has 0 saturated heterocycles. The Bertz CT molecular complexity index is 1310. The zero-order chi connectivity index (χ0) is 29.9. The summed E-state index contributed by atoms with van der Waals surface area (Å²) in [4.78, 5) is 31.5. The first kappa shape index (κ1) is 31.3. The lowest BCUT2D eigenvalue weighted by molar-refractivity contribution is -0.134. The van der Waals surface area contributed by atoms with Crippen molar-refractivity contribution in [1.29, 1.82) is 0 Å². The average Bonchev–Trinajstić information content (AvgIpc) is 3.24. The van der Waals surface area contributed by atoms with E-state index in [2.05, 4.69) is 24.2 Å². The SMILES string of the molecule is COCCN1CCCCCCN(C(=O)CCc2c(C)nn(C)c2C)[C@@H](Cc2ccccc2)COc2ccccc2C1=O. The molecule has 0 bridgehead atoms. The van der Waals surface area contributed by atoms with E-state index >= 15 is 0 Å². The first-order valence-corrected chi connectivity index (χ1v) is 15.2. The largest absolute Gasteiger partial charge is 0.491 e. The molecule has 2 heterocycles. The highest BCUT2D eigenvalue weighted by Crippen LogP contribution is 2.24. The van der Waals surface area contributed by atoms with Crippen molar-refractivity contribution < 1.29 is 19.1 Å². The number of nitrogens with zero attached hydrogens (tertiary/aromatic N) is 4. The average molecular weight is 575 g/mol. The minimum atomic E-state index is -0.174. The lowest BCUT2D eigenvalue weighted by atomic mass is 10.0. The molecule has 8 heteroatoms. The number of methoxy groups -OCH3 is 1. The van der Waals surface area contributed by atoms with Crippen molar-refractivity contribution in [2.45, 2.75) is 64.8 Å². The Morgan fingerprint density at radius 3 is 2.43 bits per heavy atom. The van der Waals surface area contributed by atoms with Gasteiger partial charge in [-0.3, -0.25) is 14.3 Å². The van der Waals surface area contributed by atoms with Crippen LogP contribution in [-0.4, -0.2) is 77.4 Å². The van der Waals surface area contributed by atoms with Gasteiger partial charge in [0, 0.05) is 45.9 Å². The maximum absolute atomic E-state index is 14.0. The predicted molar refractivity (Wildman–Crippen MR) is 165 cm³/mol. The molecule has 0 fully saturated rings. The van der Waals surface area contributed by atoms with Gasteiger partial charge in [0.05, 0.1) is 23.9 Å². The number of rotatable bonds is 8. The number of para-hydroxylation sites is 1. The van der Waals surface area contributed by atoms with Gasteiger partial charge in [-0.2, -0.15) is 5.10 Å². The molecule has 226 valence electrons.